The van der Waals surface area contributed by atoms with Crippen LogP contribution in [0.4, 0.5) is 8.78 Å². The van der Waals surface area contributed by atoms with Crippen LogP contribution in [0.15, 0.2) is 59.4 Å². The Morgan fingerprint density at radius 1 is 1.09 bits per heavy atom. The zero-order valence-corrected chi connectivity index (χ0v) is 19.8. The van der Waals surface area contributed by atoms with Crippen LogP contribution in [0.25, 0.3) is 5.70 Å². The highest BCUT2D eigenvalue weighted by molar-refractivity contribution is 5.85. The molecule has 176 valence electrons. The predicted molar refractivity (Wildman–Crippen MR) is 126 cm³/mol. The van der Waals surface area contributed by atoms with E-state index in [4.69, 9.17) is 0 Å². The lowest BCUT2D eigenvalue weighted by atomic mass is 9.63. The monoisotopic (exact) mass is 453 g/mol. The highest BCUT2D eigenvalue weighted by Crippen LogP contribution is 2.60. The molecule has 4 nitrogen and oxygen atoms in total. The van der Waals surface area contributed by atoms with Crippen LogP contribution in [-0.4, -0.2) is 22.9 Å². The molecule has 0 aromatic heterocycles. The molecule has 1 amide bonds. The number of hydrogen-bond donors (Lipinski definition) is 0. The number of amides is 1. The van der Waals surface area contributed by atoms with Gasteiger partial charge in [-0.05, 0) is 73.6 Å². The first-order valence-corrected chi connectivity index (χ1v) is 11.8. The fourth-order valence-corrected chi connectivity index (χ4v) is 6.33. The van der Waals surface area contributed by atoms with Crippen LogP contribution in [0.3, 0.4) is 0 Å². The van der Waals surface area contributed by atoms with E-state index in [1.54, 1.807) is 6.08 Å². The molecule has 2 heterocycles. The molecule has 4 rings (SSSR count). The van der Waals surface area contributed by atoms with E-state index in [0.717, 1.165) is 38.5 Å². The van der Waals surface area contributed by atoms with Crippen molar-refractivity contribution in [3.05, 3.63) is 66.4 Å². The Kier molecular flexibility index (Phi) is 6.14. The van der Waals surface area contributed by atoms with Gasteiger partial charge in [-0.15, -0.1) is 0 Å². The third-order valence-electron chi connectivity index (χ3n) is 8.62. The number of nitrogens with zero attached hydrogens (tertiary/aromatic N) is 3. The van der Waals surface area contributed by atoms with Crippen LogP contribution in [-0.2, 0) is 4.79 Å². The first-order chi connectivity index (χ1) is 15.6. The Labute approximate surface area is 195 Å². The van der Waals surface area contributed by atoms with E-state index in [1.165, 1.54) is 24.4 Å². The minimum Gasteiger partial charge on any atom is -0.336 e. The number of allylic oxidation sites excluding steroid dienone is 2. The summed E-state index contributed by atoms with van der Waals surface area (Å²) in [6.45, 7) is 14.1. The molecule has 0 N–H and O–H groups in total. The maximum Gasteiger partial charge on any atom is 0.229 e. The Morgan fingerprint density at radius 2 is 1.67 bits per heavy atom. The van der Waals surface area contributed by atoms with Gasteiger partial charge in [0.05, 0.1) is 16.7 Å². The first kappa shape index (κ1) is 23.5. The first-order valence-electron chi connectivity index (χ1n) is 11.8. The van der Waals surface area contributed by atoms with Gasteiger partial charge in [-0.1, -0.05) is 40.0 Å². The molecular formula is C27H33F2N3O. The molecule has 1 aromatic carbocycles. The molecule has 2 bridgehead atoms. The van der Waals surface area contributed by atoms with E-state index >= 15 is 0 Å². The number of rotatable bonds is 6. The Bertz CT molecular complexity index is 1000. The zero-order valence-electron chi connectivity index (χ0n) is 19.8. The number of carbonyl (C=O) groups excluding carboxylic acids is 1. The smallest absolute Gasteiger partial charge is 0.229 e. The third-order valence-corrected chi connectivity index (χ3v) is 8.62. The van der Waals surface area contributed by atoms with Crippen molar-refractivity contribution in [2.45, 2.75) is 71.4 Å². The standard InChI is InChI=1S/C27H33F2N3O/c1-6-30-31-23(24-21(28)8-7-9-22(24)29)16-17(2)20-14-15-27(5,26(20,3)4)25(33)32-18-10-11-19(32)13-12-18/h6-9,16,18-20H,1-2,10-15H2,3-5H3/b23-16-,31-30?/t18?,19?,20?,27-/m1/s1. The number of azo groups is 1. The Morgan fingerprint density at radius 3 is 2.21 bits per heavy atom. The fraction of sp³-hybridized carbons (Fsp3) is 0.519. The van der Waals surface area contributed by atoms with Crippen molar-refractivity contribution < 1.29 is 13.6 Å². The summed E-state index contributed by atoms with van der Waals surface area (Å²) >= 11 is 0. The largest absolute Gasteiger partial charge is 0.336 e. The molecule has 1 unspecified atom stereocenters. The van der Waals surface area contributed by atoms with Crippen LogP contribution in [0.2, 0.25) is 0 Å². The molecule has 1 aliphatic carbocycles. The maximum absolute atomic E-state index is 14.5. The SMILES string of the molecule is C=CN=N/C(=C\C(=C)C1CC[C@](C)(C(=O)N2C3CCC2CC3)C1(C)C)c1c(F)cccc1F. The van der Waals surface area contributed by atoms with Crippen LogP contribution < -0.4 is 0 Å². The molecular weight excluding hydrogens is 420 g/mol. The molecule has 0 spiro atoms. The molecule has 2 saturated heterocycles. The molecule has 3 aliphatic rings. The van der Waals surface area contributed by atoms with E-state index in [2.05, 4.69) is 49.1 Å². The second-order valence-corrected chi connectivity index (χ2v) is 10.4. The van der Waals surface area contributed by atoms with Crippen molar-refractivity contribution in [3.63, 3.8) is 0 Å². The van der Waals surface area contributed by atoms with Gasteiger partial charge in [0.2, 0.25) is 5.91 Å². The van der Waals surface area contributed by atoms with Gasteiger partial charge in [-0.25, -0.2) is 8.78 Å². The third kappa shape index (κ3) is 3.77. The summed E-state index contributed by atoms with van der Waals surface area (Å²) in [5, 5.41) is 7.77. The zero-order chi connectivity index (χ0) is 24.0. The van der Waals surface area contributed by atoms with E-state index in [0.29, 0.717) is 17.7 Å². The van der Waals surface area contributed by atoms with Crippen molar-refractivity contribution in [1.82, 2.24) is 4.90 Å². The number of halogens is 2. The highest BCUT2D eigenvalue weighted by atomic mass is 19.1. The summed E-state index contributed by atoms with van der Waals surface area (Å²) in [7, 11) is 0. The van der Waals surface area contributed by atoms with Gasteiger partial charge in [0, 0.05) is 18.3 Å². The van der Waals surface area contributed by atoms with Gasteiger partial charge in [-0.3, -0.25) is 4.79 Å². The number of benzene rings is 1. The van der Waals surface area contributed by atoms with Crippen LogP contribution in [0, 0.1) is 28.4 Å². The van der Waals surface area contributed by atoms with Crippen LogP contribution >= 0.6 is 0 Å². The summed E-state index contributed by atoms with van der Waals surface area (Å²) in [6.07, 6.45) is 8.79. The predicted octanol–water partition coefficient (Wildman–Crippen LogP) is 7.05. The normalized spacial score (nSPS) is 30.9. The molecule has 1 saturated carbocycles. The van der Waals surface area contributed by atoms with E-state index in [1.807, 2.05) is 0 Å². The molecule has 2 atom stereocenters. The van der Waals surface area contributed by atoms with Gasteiger partial charge < -0.3 is 4.90 Å². The Balaban J connectivity index is 1.65. The summed E-state index contributed by atoms with van der Waals surface area (Å²) in [6, 6.07) is 4.46. The lowest BCUT2D eigenvalue weighted by Crippen LogP contribution is -2.50. The van der Waals surface area contributed by atoms with Gasteiger partial charge in [-0.2, -0.15) is 10.2 Å². The molecule has 6 heteroatoms. The van der Waals surface area contributed by atoms with E-state index in [-0.39, 0.29) is 28.5 Å². The lowest BCUT2D eigenvalue weighted by molar-refractivity contribution is -0.148. The minimum atomic E-state index is -0.715. The van der Waals surface area contributed by atoms with Crippen LogP contribution in [0.1, 0.15) is 64.9 Å². The average molecular weight is 454 g/mol. The van der Waals surface area contributed by atoms with Gasteiger partial charge in [0.15, 0.2) is 0 Å². The van der Waals surface area contributed by atoms with Crippen molar-refractivity contribution in [2.24, 2.45) is 27.0 Å². The highest BCUT2D eigenvalue weighted by Gasteiger charge is 2.59. The maximum atomic E-state index is 14.5. The summed E-state index contributed by atoms with van der Waals surface area (Å²) in [5.41, 5.74) is -0.391. The number of hydrogen-bond acceptors (Lipinski definition) is 3. The number of fused-ring (bicyclic) bond motifs is 2. The van der Waals surface area contributed by atoms with E-state index < -0.39 is 17.0 Å². The van der Waals surface area contributed by atoms with Crippen molar-refractivity contribution in [3.8, 4) is 0 Å². The minimum absolute atomic E-state index is 0.0320. The quantitative estimate of drug-likeness (QED) is 0.336. The van der Waals surface area contributed by atoms with Gasteiger partial charge in [0.25, 0.3) is 0 Å². The number of carbonyl (C=O) groups is 1. The van der Waals surface area contributed by atoms with Crippen LogP contribution in [0.5, 0.6) is 0 Å². The summed E-state index contributed by atoms with van der Waals surface area (Å²) < 4.78 is 29.0. The second kappa shape index (κ2) is 8.62. The van der Waals surface area contributed by atoms with Crippen molar-refractivity contribution >= 4 is 11.6 Å². The fourth-order valence-electron chi connectivity index (χ4n) is 6.33. The molecule has 2 aliphatic heterocycles. The molecule has 0 radical (unpaired) electrons. The topological polar surface area (TPSA) is 45.0 Å². The van der Waals surface area contributed by atoms with Gasteiger partial charge >= 0.3 is 0 Å². The molecule has 33 heavy (non-hydrogen) atoms. The summed E-state index contributed by atoms with van der Waals surface area (Å²) in [5.74, 6) is -1.21. The lowest BCUT2D eigenvalue weighted by Gasteiger charge is -2.44. The van der Waals surface area contributed by atoms with E-state index in [9.17, 15) is 13.6 Å². The molecule has 3 fully saturated rings. The van der Waals surface area contributed by atoms with Crippen molar-refractivity contribution in [2.75, 3.05) is 0 Å². The van der Waals surface area contributed by atoms with Crippen molar-refractivity contribution in [1.29, 1.82) is 0 Å². The molecule has 1 aromatic rings. The van der Waals surface area contributed by atoms with Gasteiger partial charge in [0.1, 0.15) is 11.6 Å². The second-order valence-electron chi connectivity index (χ2n) is 10.4. The summed E-state index contributed by atoms with van der Waals surface area (Å²) in [4.78, 5) is 16.0. The Hall–Kier alpha value is -2.63. The average Bonchev–Trinajstić information content (AvgIpc) is 3.43.